The molecule has 5 nitrogen and oxygen atoms in total. The second-order valence-electron chi connectivity index (χ2n) is 6.06. The van der Waals surface area contributed by atoms with E-state index < -0.39 is 0 Å². The molecule has 1 fully saturated rings. The Bertz CT molecular complexity index is 672. The summed E-state index contributed by atoms with van der Waals surface area (Å²) in [5, 5.41) is 2.98. The summed E-state index contributed by atoms with van der Waals surface area (Å²) in [5.41, 5.74) is 1.74. The van der Waals surface area contributed by atoms with E-state index in [-0.39, 0.29) is 5.91 Å². The van der Waals surface area contributed by atoms with Crippen molar-refractivity contribution in [1.29, 1.82) is 0 Å². The number of carbonyl (C=O) groups excluding carboxylic acids is 1. The summed E-state index contributed by atoms with van der Waals surface area (Å²) in [4.78, 5) is 22.2. The fraction of sp³-hybridized carbons (Fsp3) is 0.316. The molecule has 1 atom stereocenters. The first-order valence-corrected chi connectivity index (χ1v) is 8.28. The van der Waals surface area contributed by atoms with Crippen molar-refractivity contribution in [2.24, 2.45) is 5.92 Å². The van der Waals surface area contributed by atoms with Gasteiger partial charge in [0.05, 0.1) is 5.56 Å². The lowest BCUT2D eigenvalue weighted by Gasteiger charge is -2.14. The van der Waals surface area contributed by atoms with Crippen molar-refractivity contribution in [3.63, 3.8) is 0 Å². The molecule has 1 aromatic carbocycles. The summed E-state index contributed by atoms with van der Waals surface area (Å²) in [5.74, 6) is 0.404. The van der Waals surface area contributed by atoms with Crippen LogP contribution < -0.4 is 5.32 Å². The molecule has 2 aromatic rings. The lowest BCUT2D eigenvalue weighted by atomic mass is 10.1. The van der Waals surface area contributed by atoms with Gasteiger partial charge in [-0.15, -0.1) is 0 Å². The van der Waals surface area contributed by atoms with Crippen LogP contribution in [0.5, 0.6) is 0 Å². The van der Waals surface area contributed by atoms with Gasteiger partial charge in [-0.1, -0.05) is 42.5 Å². The average molecular weight is 322 g/mol. The minimum absolute atomic E-state index is 0.0991. The molecule has 0 saturated carbocycles. The van der Waals surface area contributed by atoms with E-state index in [1.54, 1.807) is 0 Å². The van der Waals surface area contributed by atoms with Crippen LogP contribution in [0, 0.1) is 5.92 Å². The molecule has 5 heteroatoms. The van der Waals surface area contributed by atoms with Gasteiger partial charge in [-0.2, -0.15) is 0 Å². The molecular formula is C19H22N4O. The SMILES string of the molecule is O=C(NCC1CCN(C/C=C/c2ccccc2)C1)c1cncnc1. The van der Waals surface area contributed by atoms with Crippen LogP contribution in [-0.2, 0) is 0 Å². The van der Waals surface area contributed by atoms with Crippen molar-refractivity contribution in [2.45, 2.75) is 6.42 Å². The van der Waals surface area contributed by atoms with Crippen molar-refractivity contribution in [3.8, 4) is 0 Å². The monoisotopic (exact) mass is 322 g/mol. The predicted octanol–water partition coefficient (Wildman–Crippen LogP) is 2.24. The zero-order valence-electron chi connectivity index (χ0n) is 13.6. The van der Waals surface area contributed by atoms with E-state index >= 15 is 0 Å². The average Bonchev–Trinajstić information content (AvgIpc) is 3.09. The minimum Gasteiger partial charge on any atom is -0.352 e. The molecule has 0 bridgehead atoms. The van der Waals surface area contributed by atoms with Gasteiger partial charge < -0.3 is 5.32 Å². The summed E-state index contributed by atoms with van der Waals surface area (Å²) in [7, 11) is 0. The van der Waals surface area contributed by atoms with Crippen LogP contribution in [0.4, 0.5) is 0 Å². The van der Waals surface area contributed by atoms with E-state index in [2.05, 4.69) is 44.5 Å². The molecule has 1 aromatic heterocycles. The molecule has 0 spiro atoms. The van der Waals surface area contributed by atoms with E-state index in [9.17, 15) is 4.79 Å². The Hall–Kier alpha value is -2.53. The Kier molecular flexibility index (Phi) is 5.69. The third kappa shape index (κ3) is 4.73. The van der Waals surface area contributed by atoms with Crippen LogP contribution in [0.15, 0.2) is 55.1 Å². The molecule has 24 heavy (non-hydrogen) atoms. The highest BCUT2D eigenvalue weighted by atomic mass is 16.1. The fourth-order valence-corrected chi connectivity index (χ4v) is 2.90. The third-order valence-electron chi connectivity index (χ3n) is 4.22. The van der Waals surface area contributed by atoms with Gasteiger partial charge in [-0.25, -0.2) is 9.97 Å². The zero-order chi connectivity index (χ0) is 16.6. The molecule has 1 aliphatic rings. The quantitative estimate of drug-likeness (QED) is 0.886. The number of rotatable bonds is 6. The smallest absolute Gasteiger partial charge is 0.254 e. The fourth-order valence-electron chi connectivity index (χ4n) is 2.90. The number of hydrogen-bond acceptors (Lipinski definition) is 4. The zero-order valence-corrected chi connectivity index (χ0v) is 13.6. The molecule has 1 aliphatic heterocycles. The van der Waals surface area contributed by atoms with Crippen LogP contribution in [0.2, 0.25) is 0 Å². The van der Waals surface area contributed by atoms with Gasteiger partial charge in [0.2, 0.25) is 0 Å². The van der Waals surface area contributed by atoms with Crippen LogP contribution in [-0.4, -0.2) is 47.0 Å². The van der Waals surface area contributed by atoms with Gasteiger partial charge in [0, 0.05) is 32.0 Å². The van der Waals surface area contributed by atoms with Gasteiger partial charge in [0.15, 0.2) is 0 Å². The molecule has 1 saturated heterocycles. The Labute approximate surface area is 142 Å². The summed E-state index contributed by atoms with van der Waals surface area (Å²) in [6.07, 6.45) is 9.98. The molecular weight excluding hydrogens is 300 g/mol. The molecule has 1 amide bonds. The van der Waals surface area contributed by atoms with Crippen LogP contribution in [0.3, 0.4) is 0 Å². The summed E-state index contributed by atoms with van der Waals surface area (Å²) in [6.45, 7) is 3.75. The van der Waals surface area contributed by atoms with Crippen molar-refractivity contribution >= 4 is 12.0 Å². The first-order valence-electron chi connectivity index (χ1n) is 8.28. The molecule has 0 aliphatic carbocycles. The minimum atomic E-state index is -0.0991. The number of benzene rings is 1. The normalized spacial score (nSPS) is 18.1. The van der Waals surface area contributed by atoms with Crippen LogP contribution in [0.1, 0.15) is 22.3 Å². The molecule has 1 unspecified atom stereocenters. The van der Waals surface area contributed by atoms with E-state index in [0.29, 0.717) is 18.0 Å². The van der Waals surface area contributed by atoms with Crippen LogP contribution in [0.25, 0.3) is 6.08 Å². The maximum atomic E-state index is 12.0. The number of likely N-dealkylation sites (tertiary alicyclic amines) is 1. The van der Waals surface area contributed by atoms with Crippen molar-refractivity contribution in [2.75, 3.05) is 26.2 Å². The molecule has 2 heterocycles. The number of nitrogens with zero attached hydrogens (tertiary/aromatic N) is 3. The van der Waals surface area contributed by atoms with Crippen molar-refractivity contribution < 1.29 is 4.79 Å². The molecule has 0 radical (unpaired) electrons. The van der Waals surface area contributed by atoms with E-state index in [0.717, 1.165) is 26.1 Å². The van der Waals surface area contributed by atoms with Gasteiger partial charge in [-0.05, 0) is 24.4 Å². The van der Waals surface area contributed by atoms with Gasteiger partial charge in [-0.3, -0.25) is 9.69 Å². The number of aromatic nitrogens is 2. The first-order chi connectivity index (χ1) is 11.8. The predicted molar refractivity (Wildman–Crippen MR) is 94.4 cm³/mol. The third-order valence-corrected chi connectivity index (χ3v) is 4.22. The standard InChI is InChI=1S/C19H22N4O/c24-19(18-12-20-15-21-13-18)22-11-17-8-10-23(14-17)9-4-7-16-5-2-1-3-6-16/h1-7,12-13,15,17H,8-11,14H2,(H,22,24)/b7-4+. The number of amides is 1. The van der Waals surface area contributed by atoms with Crippen LogP contribution >= 0.6 is 0 Å². The Morgan fingerprint density at radius 3 is 2.83 bits per heavy atom. The Morgan fingerprint density at radius 2 is 2.04 bits per heavy atom. The lowest BCUT2D eigenvalue weighted by Crippen LogP contribution is -2.31. The maximum absolute atomic E-state index is 12.0. The molecule has 124 valence electrons. The van der Waals surface area contributed by atoms with E-state index in [1.165, 1.54) is 24.3 Å². The van der Waals surface area contributed by atoms with Gasteiger partial charge in [0.1, 0.15) is 6.33 Å². The summed E-state index contributed by atoms with van der Waals surface area (Å²) < 4.78 is 0. The second kappa shape index (κ2) is 8.36. The first kappa shape index (κ1) is 16.3. The van der Waals surface area contributed by atoms with E-state index in [1.807, 2.05) is 18.2 Å². The van der Waals surface area contributed by atoms with Crippen molar-refractivity contribution in [1.82, 2.24) is 20.2 Å². The molecule has 3 rings (SSSR count). The Morgan fingerprint density at radius 1 is 1.25 bits per heavy atom. The van der Waals surface area contributed by atoms with Crippen molar-refractivity contribution in [3.05, 3.63) is 66.3 Å². The number of nitrogens with one attached hydrogen (secondary N) is 1. The highest BCUT2D eigenvalue weighted by Crippen LogP contribution is 2.15. The molecule has 1 N–H and O–H groups in total. The largest absolute Gasteiger partial charge is 0.352 e. The Balaban J connectivity index is 1.39. The topological polar surface area (TPSA) is 58.1 Å². The highest BCUT2D eigenvalue weighted by molar-refractivity contribution is 5.93. The lowest BCUT2D eigenvalue weighted by molar-refractivity contribution is 0.0946. The summed E-state index contributed by atoms with van der Waals surface area (Å²) >= 11 is 0. The van der Waals surface area contributed by atoms with E-state index in [4.69, 9.17) is 0 Å². The second-order valence-corrected chi connectivity index (χ2v) is 6.06. The summed E-state index contributed by atoms with van der Waals surface area (Å²) in [6, 6.07) is 10.3. The number of carbonyl (C=O) groups is 1. The maximum Gasteiger partial charge on any atom is 0.254 e. The number of hydrogen-bond donors (Lipinski definition) is 1. The van der Waals surface area contributed by atoms with Gasteiger partial charge >= 0.3 is 0 Å². The highest BCUT2D eigenvalue weighted by Gasteiger charge is 2.22. The van der Waals surface area contributed by atoms with Gasteiger partial charge in [0.25, 0.3) is 5.91 Å².